The van der Waals surface area contributed by atoms with Crippen molar-refractivity contribution < 1.29 is 0 Å². The predicted octanol–water partition coefficient (Wildman–Crippen LogP) is 0.338. The molecule has 0 aromatic carbocycles. The van der Waals surface area contributed by atoms with Gasteiger partial charge in [-0.1, -0.05) is 0 Å². The van der Waals surface area contributed by atoms with Gasteiger partial charge in [-0.15, -0.1) is 5.10 Å². The van der Waals surface area contributed by atoms with E-state index in [-0.39, 0.29) is 5.84 Å². The van der Waals surface area contributed by atoms with E-state index in [2.05, 4.69) is 25.1 Å². The molecule has 7 nitrogen and oxygen atoms in total. The van der Waals surface area contributed by atoms with Gasteiger partial charge >= 0.3 is 0 Å². The number of amidine groups is 1. The second-order valence-electron chi connectivity index (χ2n) is 2.96. The smallest absolute Gasteiger partial charge is 0.214 e. The summed E-state index contributed by atoms with van der Waals surface area (Å²) in [5.74, 6) is 0.647. The maximum Gasteiger partial charge on any atom is 0.214 e. The first-order valence-corrected chi connectivity index (χ1v) is 5.20. The highest BCUT2D eigenvalue weighted by molar-refractivity contribution is 7.99. The third-order valence-corrected chi connectivity index (χ3v) is 2.46. The molecular formula is C8H9N7S. The molecule has 0 saturated heterocycles. The molecule has 8 heteroatoms. The van der Waals surface area contributed by atoms with Gasteiger partial charge in [0.1, 0.15) is 22.4 Å². The number of nitrogens with two attached hydrogens (primary N) is 1. The first-order valence-electron chi connectivity index (χ1n) is 4.38. The molecule has 16 heavy (non-hydrogen) atoms. The number of hydrogen-bond acceptors (Lipinski definition) is 6. The van der Waals surface area contributed by atoms with Crippen LogP contribution in [0.2, 0.25) is 0 Å². The molecule has 0 unspecified atom stereocenters. The van der Waals surface area contributed by atoms with Crippen molar-refractivity contribution >= 4 is 17.6 Å². The van der Waals surface area contributed by atoms with Crippen molar-refractivity contribution in [2.24, 2.45) is 5.73 Å². The van der Waals surface area contributed by atoms with Crippen LogP contribution >= 0.6 is 11.8 Å². The Morgan fingerprint density at radius 2 is 2.25 bits per heavy atom. The summed E-state index contributed by atoms with van der Waals surface area (Å²) < 4.78 is 0. The van der Waals surface area contributed by atoms with Crippen molar-refractivity contribution in [1.29, 1.82) is 5.41 Å². The third-order valence-electron chi connectivity index (χ3n) is 1.68. The number of nitrogens with zero attached hydrogens (tertiary/aromatic N) is 4. The first-order chi connectivity index (χ1) is 7.65. The molecule has 0 saturated carbocycles. The first kappa shape index (κ1) is 10.6. The molecule has 0 bridgehead atoms. The lowest BCUT2D eigenvalue weighted by Gasteiger charge is -1.98. The van der Waals surface area contributed by atoms with Crippen LogP contribution in [0.15, 0.2) is 22.6 Å². The average Bonchev–Trinajstić information content (AvgIpc) is 2.65. The highest BCUT2D eigenvalue weighted by Gasteiger charge is 2.05. The number of nitrogen functional groups attached to an aromatic ring is 1. The molecule has 2 heterocycles. The van der Waals surface area contributed by atoms with Gasteiger partial charge in [0.05, 0.1) is 12.4 Å². The topological polar surface area (TPSA) is 117 Å². The molecule has 82 valence electrons. The molecular weight excluding hydrogens is 226 g/mol. The largest absolute Gasteiger partial charge is 0.382 e. The van der Waals surface area contributed by atoms with Crippen molar-refractivity contribution in [3.05, 3.63) is 23.9 Å². The monoisotopic (exact) mass is 235 g/mol. The second-order valence-corrected chi connectivity index (χ2v) is 3.95. The van der Waals surface area contributed by atoms with Crippen LogP contribution in [0.5, 0.6) is 0 Å². The molecule has 0 amide bonds. The fourth-order valence-electron chi connectivity index (χ4n) is 0.969. The van der Waals surface area contributed by atoms with Crippen LogP contribution in [0.1, 0.15) is 11.5 Å². The summed E-state index contributed by atoms with van der Waals surface area (Å²) in [6, 6.07) is 0. The Hall–Kier alpha value is -1.96. The van der Waals surface area contributed by atoms with Crippen LogP contribution in [0.4, 0.5) is 0 Å². The number of hydrogen-bond donors (Lipinski definition) is 3. The summed E-state index contributed by atoms with van der Waals surface area (Å²) in [7, 11) is 0. The zero-order valence-corrected chi connectivity index (χ0v) is 9.25. The van der Waals surface area contributed by atoms with E-state index < -0.39 is 0 Å². The van der Waals surface area contributed by atoms with Crippen LogP contribution in [0, 0.1) is 12.3 Å². The summed E-state index contributed by atoms with van der Waals surface area (Å²) in [5, 5.41) is 15.1. The summed E-state index contributed by atoms with van der Waals surface area (Å²) in [4.78, 5) is 12.2. The van der Waals surface area contributed by atoms with Crippen LogP contribution in [-0.4, -0.2) is 31.0 Å². The van der Waals surface area contributed by atoms with Crippen molar-refractivity contribution in [3.8, 4) is 0 Å². The molecule has 0 aliphatic carbocycles. The van der Waals surface area contributed by atoms with Gasteiger partial charge in [0, 0.05) is 0 Å². The Labute approximate surface area is 95.4 Å². The van der Waals surface area contributed by atoms with E-state index in [4.69, 9.17) is 11.1 Å². The van der Waals surface area contributed by atoms with E-state index in [1.165, 1.54) is 24.2 Å². The number of aryl methyl sites for hydroxylation is 1. The number of nitrogens with one attached hydrogen (secondary N) is 2. The van der Waals surface area contributed by atoms with Gasteiger partial charge < -0.3 is 5.73 Å². The highest BCUT2D eigenvalue weighted by Crippen LogP contribution is 2.20. The van der Waals surface area contributed by atoms with Gasteiger partial charge in [-0.2, -0.15) is 0 Å². The van der Waals surface area contributed by atoms with Gasteiger partial charge in [-0.3, -0.25) is 10.5 Å². The quantitative estimate of drug-likeness (QED) is 0.521. The normalized spacial score (nSPS) is 10.3. The molecule has 2 aromatic rings. The maximum absolute atomic E-state index is 7.17. The molecule has 0 fully saturated rings. The molecule has 0 atom stereocenters. The van der Waals surface area contributed by atoms with Crippen LogP contribution < -0.4 is 5.73 Å². The fraction of sp³-hybridized carbons (Fsp3) is 0.125. The highest BCUT2D eigenvalue weighted by atomic mass is 32.2. The van der Waals surface area contributed by atoms with Gasteiger partial charge in [0.2, 0.25) is 5.16 Å². The van der Waals surface area contributed by atoms with Gasteiger partial charge in [-0.25, -0.2) is 15.0 Å². The van der Waals surface area contributed by atoms with Gasteiger partial charge in [0.25, 0.3) is 0 Å². The predicted molar refractivity (Wildman–Crippen MR) is 58.3 cm³/mol. The Morgan fingerprint density at radius 3 is 2.75 bits per heavy atom. The summed E-state index contributed by atoms with van der Waals surface area (Å²) in [6.07, 6.45) is 2.98. The van der Waals surface area contributed by atoms with Crippen LogP contribution in [-0.2, 0) is 0 Å². The number of rotatable bonds is 3. The number of aromatic amines is 1. The maximum atomic E-state index is 7.17. The van der Waals surface area contributed by atoms with Crippen molar-refractivity contribution in [3.63, 3.8) is 0 Å². The second kappa shape index (κ2) is 4.27. The molecule has 4 N–H and O–H groups in total. The van der Waals surface area contributed by atoms with Gasteiger partial charge in [-0.05, 0) is 18.7 Å². The summed E-state index contributed by atoms with van der Waals surface area (Å²) >= 11 is 1.29. The minimum atomic E-state index is -0.0993. The number of H-pyrrole nitrogens is 1. The van der Waals surface area contributed by atoms with Gasteiger partial charge in [0.15, 0.2) is 0 Å². The zero-order valence-electron chi connectivity index (χ0n) is 8.43. The van der Waals surface area contributed by atoms with E-state index in [0.717, 1.165) is 5.82 Å². The molecule has 2 rings (SSSR count). The minimum absolute atomic E-state index is 0.0993. The molecule has 0 aliphatic heterocycles. The third kappa shape index (κ3) is 2.34. The lowest BCUT2D eigenvalue weighted by molar-refractivity contribution is 0.958. The summed E-state index contributed by atoms with van der Waals surface area (Å²) in [6.45, 7) is 1.82. The lowest BCUT2D eigenvalue weighted by atomic mass is 10.4. The Balaban J connectivity index is 2.14. The van der Waals surface area contributed by atoms with E-state index in [9.17, 15) is 0 Å². The van der Waals surface area contributed by atoms with E-state index >= 15 is 0 Å². The fourth-order valence-corrected chi connectivity index (χ4v) is 1.64. The van der Waals surface area contributed by atoms with E-state index in [1.54, 1.807) is 0 Å². The van der Waals surface area contributed by atoms with Crippen LogP contribution in [0.25, 0.3) is 0 Å². The SMILES string of the molecule is Cc1nc(Sc2cnc(C(=N)N)cn2)n[nH]1. The minimum Gasteiger partial charge on any atom is -0.382 e. The standard InChI is InChI=1S/C8H9N7S/c1-4-13-8(15-14-4)16-6-3-11-5(2-12-6)7(9)10/h2-3H,1H3,(H3,9,10)(H,13,14,15). The Morgan fingerprint density at radius 1 is 1.44 bits per heavy atom. The van der Waals surface area contributed by atoms with Crippen molar-refractivity contribution in [1.82, 2.24) is 25.1 Å². The van der Waals surface area contributed by atoms with E-state index in [0.29, 0.717) is 15.9 Å². The molecule has 0 spiro atoms. The number of aromatic nitrogens is 5. The Bertz CT molecular complexity index is 503. The molecule has 2 aromatic heterocycles. The average molecular weight is 235 g/mol. The van der Waals surface area contributed by atoms with Crippen molar-refractivity contribution in [2.45, 2.75) is 17.1 Å². The van der Waals surface area contributed by atoms with Crippen LogP contribution in [0.3, 0.4) is 0 Å². The zero-order chi connectivity index (χ0) is 11.5. The van der Waals surface area contributed by atoms with E-state index in [1.807, 2.05) is 6.92 Å². The molecule has 0 aliphatic rings. The van der Waals surface area contributed by atoms with Crippen molar-refractivity contribution in [2.75, 3.05) is 0 Å². The Kier molecular flexibility index (Phi) is 2.82. The molecule has 0 radical (unpaired) electrons. The summed E-state index contributed by atoms with van der Waals surface area (Å²) in [5.41, 5.74) is 5.62. The lowest BCUT2D eigenvalue weighted by Crippen LogP contribution is -2.13.